The maximum absolute atomic E-state index is 12.8. The number of nitrogens with one attached hydrogen (secondary N) is 3. The van der Waals surface area contributed by atoms with Gasteiger partial charge >= 0.3 is 0 Å². The summed E-state index contributed by atoms with van der Waals surface area (Å²) in [5.41, 5.74) is 2.28. The average Bonchev–Trinajstić information content (AvgIpc) is 3.41. The fraction of sp³-hybridized carbons (Fsp3) is 0.360. The molecule has 1 fully saturated rings. The Balaban J connectivity index is 1.22. The van der Waals surface area contributed by atoms with E-state index in [-0.39, 0.29) is 11.7 Å². The number of benzene rings is 1. The summed E-state index contributed by atoms with van der Waals surface area (Å²) in [5, 5.41) is 9.26. The lowest BCUT2D eigenvalue weighted by Gasteiger charge is -2.18. The number of hydrogen-bond acceptors (Lipinski definition) is 6. The minimum absolute atomic E-state index is 0.0856. The van der Waals surface area contributed by atoms with E-state index < -0.39 is 11.9 Å². The summed E-state index contributed by atoms with van der Waals surface area (Å²) in [5.74, 6) is 0.00246. The first-order chi connectivity index (χ1) is 16.2. The highest BCUT2D eigenvalue weighted by Gasteiger charge is 2.37. The zero-order valence-corrected chi connectivity index (χ0v) is 18.4. The molecule has 1 aromatic carbocycles. The smallest absolute Gasteiger partial charge is 0.289 e. The van der Waals surface area contributed by atoms with Gasteiger partial charge in [0, 0.05) is 30.9 Å². The van der Waals surface area contributed by atoms with Gasteiger partial charge in [-0.25, -0.2) is 4.98 Å². The number of carbonyl (C=O) groups is 2. The standard InChI is InChI=1S/C25H29N5O3/c31-24(29-15-18-7-6-11-26-14-18)21(30-25(32)23-16-27-17-33-23)10-4-5-12-28-22-13-20(22)19-8-2-1-3-9-19/h1-3,6-9,11,14,16-17,20-22,28H,4-5,10,12-13,15H2,(H,29,31)(H,30,32). The third-order valence-electron chi connectivity index (χ3n) is 5.81. The molecule has 33 heavy (non-hydrogen) atoms. The van der Waals surface area contributed by atoms with Crippen molar-refractivity contribution < 1.29 is 14.0 Å². The van der Waals surface area contributed by atoms with Gasteiger partial charge in [0.1, 0.15) is 6.04 Å². The Morgan fingerprint density at radius 3 is 2.70 bits per heavy atom. The van der Waals surface area contributed by atoms with Crippen LogP contribution in [0.2, 0.25) is 0 Å². The van der Waals surface area contributed by atoms with Gasteiger partial charge in [-0.2, -0.15) is 0 Å². The van der Waals surface area contributed by atoms with Gasteiger partial charge in [-0.15, -0.1) is 0 Å². The molecule has 0 bridgehead atoms. The van der Waals surface area contributed by atoms with E-state index in [0.717, 1.165) is 31.4 Å². The van der Waals surface area contributed by atoms with E-state index in [1.165, 1.54) is 18.2 Å². The largest absolute Gasteiger partial charge is 0.438 e. The summed E-state index contributed by atoms with van der Waals surface area (Å²) in [6.07, 6.45) is 9.34. The number of pyridine rings is 1. The van der Waals surface area contributed by atoms with Crippen LogP contribution in [0.5, 0.6) is 0 Å². The van der Waals surface area contributed by atoms with E-state index in [0.29, 0.717) is 24.9 Å². The molecule has 3 N–H and O–H groups in total. The van der Waals surface area contributed by atoms with Crippen molar-refractivity contribution in [1.82, 2.24) is 25.9 Å². The van der Waals surface area contributed by atoms with Crippen molar-refractivity contribution in [3.63, 3.8) is 0 Å². The van der Waals surface area contributed by atoms with Crippen molar-refractivity contribution >= 4 is 11.8 Å². The number of nitrogens with zero attached hydrogens (tertiary/aromatic N) is 2. The van der Waals surface area contributed by atoms with Crippen molar-refractivity contribution in [3.8, 4) is 0 Å². The maximum atomic E-state index is 12.8. The quantitative estimate of drug-likeness (QED) is 0.369. The lowest BCUT2D eigenvalue weighted by Crippen LogP contribution is -2.46. The van der Waals surface area contributed by atoms with Crippen LogP contribution < -0.4 is 16.0 Å². The van der Waals surface area contributed by atoms with Crippen molar-refractivity contribution in [2.75, 3.05) is 6.54 Å². The molecule has 0 aliphatic heterocycles. The molecule has 2 heterocycles. The SMILES string of the molecule is O=C(NC(CCCCNC1CC1c1ccccc1)C(=O)NCc1cccnc1)c1cnco1. The topological polar surface area (TPSA) is 109 Å². The molecule has 3 aromatic rings. The fourth-order valence-electron chi connectivity index (χ4n) is 3.89. The Morgan fingerprint density at radius 2 is 1.94 bits per heavy atom. The molecule has 0 spiro atoms. The van der Waals surface area contributed by atoms with Gasteiger partial charge in [-0.3, -0.25) is 14.6 Å². The predicted molar refractivity (Wildman–Crippen MR) is 123 cm³/mol. The highest BCUT2D eigenvalue weighted by atomic mass is 16.3. The van der Waals surface area contributed by atoms with E-state index in [9.17, 15) is 9.59 Å². The van der Waals surface area contributed by atoms with Gasteiger partial charge in [0.2, 0.25) is 11.7 Å². The third kappa shape index (κ3) is 6.73. The van der Waals surface area contributed by atoms with Crippen LogP contribution in [0, 0.1) is 0 Å². The number of rotatable bonds is 12. The van der Waals surface area contributed by atoms with Crippen LogP contribution in [0.3, 0.4) is 0 Å². The van der Waals surface area contributed by atoms with Crippen LogP contribution in [0.1, 0.15) is 53.3 Å². The second-order valence-corrected chi connectivity index (χ2v) is 8.28. The summed E-state index contributed by atoms with van der Waals surface area (Å²) in [7, 11) is 0. The van der Waals surface area contributed by atoms with Crippen molar-refractivity contribution in [2.45, 2.75) is 50.2 Å². The molecule has 8 heteroatoms. The van der Waals surface area contributed by atoms with Crippen LogP contribution in [-0.4, -0.2) is 40.4 Å². The van der Waals surface area contributed by atoms with Gasteiger partial charge in [0.05, 0.1) is 6.20 Å². The van der Waals surface area contributed by atoms with Gasteiger partial charge < -0.3 is 20.4 Å². The summed E-state index contributed by atoms with van der Waals surface area (Å²) in [4.78, 5) is 33.0. The Hall–Kier alpha value is -3.52. The number of hydrogen-bond donors (Lipinski definition) is 3. The predicted octanol–water partition coefficient (Wildman–Crippen LogP) is 2.80. The van der Waals surface area contributed by atoms with Crippen LogP contribution in [0.25, 0.3) is 0 Å². The maximum Gasteiger partial charge on any atom is 0.289 e. The third-order valence-corrected chi connectivity index (χ3v) is 5.81. The summed E-state index contributed by atoms with van der Waals surface area (Å²) < 4.78 is 5.05. The Labute approximate surface area is 193 Å². The summed E-state index contributed by atoms with van der Waals surface area (Å²) in [6.45, 7) is 1.24. The molecule has 1 aliphatic carbocycles. The monoisotopic (exact) mass is 447 g/mol. The Bertz CT molecular complexity index is 1010. The minimum Gasteiger partial charge on any atom is -0.438 e. The zero-order valence-electron chi connectivity index (χ0n) is 18.4. The van der Waals surface area contributed by atoms with E-state index in [4.69, 9.17) is 4.42 Å². The summed E-state index contributed by atoms with van der Waals surface area (Å²) in [6, 6.07) is 14.1. The van der Waals surface area contributed by atoms with Gasteiger partial charge in [-0.05, 0) is 49.4 Å². The molecule has 2 amide bonds. The number of amides is 2. The molecular formula is C25H29N5O3. The van der Waals surface area contributed by atoms with Gasteiger partial charge in [-0.1, -0.05) is 36.4 Å². The first-order valence-corrected chi connectivity index (χ1v) is 11.3. The van der Waals surface area contributed by atoms with Crippen LogP contribution >= 0.6 is 0 Å². The van der Waals surface area contributed by atoms with E-state index in [2.05, 4.69) is 50.2 Å². The van der Waals surface area contributed by atoms with Crippen molar-refractivity contribution in [2.24, 2.45) is 0 Å². The molecule has 8 nitrogen and oxygen atoms in total. The number of oxazole rings is 1. The molecular weight excluding hydrogens is 418 g/mol. The Morgan fingerprint density at radius 1 is 1.06 bits per heavy atom. The zero-order chi connectivity index (χ0) is 22.9. The average molecular weight is 448 g/mol. The van der Waals surface area contributed by atoms with E-state index in [1.807, 2.05) is 18.2 Å². The molecule has 1 saturated carbocycles. The van der Waals surface area contributed by atoms with Gasteiger partial charge in [0.15, 0.2) is 6.39 Å². The molecule has 0 saturated heterocycles. The van der Waals surface area contributed by atoms with Crippen LogP contribution in [-0.2, 0) is 11.3 Å². The number of aromatic nitrogens is 2. The number of unbranched alkanes of at least 4 members (excludes halogenated alkanes) is 1. The number of carbonyl (C=O) groups excluding carboxylic acids is 2. The van der Waals surface area contributed by atoms with Crippen LogP contribution in [0.4, 0.5) is 0 Å². The minimum atomic E-state index is -0.655. The van der Waals surface area contributed by atoms with Crippen molar-refractivity contribution in [1.29, 1.82) is 0 Å². The Kier molecular flexibility index (Phi) is 7.81. The lowest BCUT2D eigenvalue weighted by atomic mass is 10.1. The molecule has 3 unspecified atom stereocenters. The normalized spacial score (nSPS) is 17.8. The van der Waals surface area contributed by atoms with Crippen LogP contribution in [0.15, 0.2) is 71.9 Å². The van der Waals surface area contributed by atoms with E-state index >= 15 is 0 Å². The lowest BCUT2D eigenvalue weighted by molar-refractivity contribution is -0.123. The first-order valence-electron chi connectivity index (χ1n) is 11.3. The van der Waals surface area contributed by atoms with E-state index in [1.54, 1.807) is 12.4 Å². The highest BCUT2D eigenvalue weighted by Crippen LogP contribution is 2.40. The molecule has 0 radical (unpaired) electrons. The second kappa shape index (κ2) is 11.4. The molecule has 4 rings (SSSR count). The molecule has 2 aromatic heterocycles. The first kappa shape index (κ1) is 22.7. The fourth-order valence-corrected chi connectivity index (χ4v) is 3.89. The molecule has 3 atom stereocenters. The van der Waals surface area contributed by atoms with Gasteiger partial charge in [0.25, 0.3) is 5.91 Å². The van der Waals surface area contributed by atoms with Crippen molar-refractivity contribution in [3.05, 3.63) is 84.3 Å². The summed E-state index contributed by atoms with van der Waals surface area (Å²) >= 11 is 0. The molecule has 1 aliphatic rings. The highest BCUT2D eigenvalue weighted by molar-refractivity contribution is 5.95. The second-order valence-electron chi connectivity index (χ2n) is 8.28. The molecule has 172 valence electrons.